The summed E-state index contributed by atoms with van der Waals surface area (Å²) in [4.78, 5) is 15.3. The Hall–Kier alpha value is -0.760. The van der Waals surface area contributed by atoms with Gasteiger partial charge in [-0.15, -0.1) is 24.2 Å². The predicted octanol–water partition coefficient (Wildman–Crippen LogP) is 3.22. The predicted molar refractivity (Wildman–Crippen MR) is 112 cm³/mol. The van der Waals surface area contributed by atoms with Crippen molar-refractivity contribution < 1.29 is 13.2 Å². The van der Waals surface area contributed by atoms with Crippen molar-refractivity contribution in [1.29, 1.82) is 0 Å². The molecule has 0 aliphatic rings. The maximum Gasteiger partial charge on any atom is 0.235 e. The van der Waals surface area contributed by atoms with Crippen molar-refractivity contribution in [1.82, 2.24) is 4.90 Å². The van der Waals surface area contributed by atoms with E-state index in [1.165, 1.54) is 11.8 Å². The summed E-state index contributed by atoms with van der Waals surface area (Å²) in [6.45, 7) is 8.73. The topological polar surface area (TPSA) is 80.5 Å². The molecule has 1 unspecified atom stereocenters. The first kappa shape index (κ1) is 25.2. The Balaban J connectivity index is 0.00000625. The fourth-order valence-electron chi connectivity index (χ4n) is 2.52. The molecule has 1 aromatic carbocycles. The summed E-state index contributed by atoms with van der Waals surface area (Å²) in [5, 5.41) is -0.378. The number of carbonyl (C=O) groups is 1. The van der Waals surface area contributed by atoms with Crippen molar-refractivity contribution >= 4 is 39.9 Å². The van der Waals surface area contributed by atoms with Crippen molar-refractivity contribution in [3.8, 4) is 0 Å². The van der Waals surface area contributed by atoms with E-state index < -0.39 is 9.84 Å². The number of rotatable bonds is 9. The van der Waals surface area contributed by atoms with Gasteiger partial charge in [0.2, 0.25) is 5.91 Å². The third-order valence-electron chi connectivity index (χ3n) is 3.90. The summed E-state index contributed by atoms with van der Waals surface area (Å²) < 4.78 is 24.9. The second kappa shape index (κ2) is 10.5. The highest BCUT2D eigenvalue weighted by atomic mass is 35.5. The molecule has 0 heterocycles. The first-order valence-corrected chi connectivity index (χ1v) is 11.0. The van der Waals surface area contributed by atoms with Crippen LogP contribution in [-0.4, -0.2) is 50.4 Å². The molecule has 150 valence electrons. The summed E-state index contributed by atoms with van der Waals surface area (Å²) in [5.74, 6) is 0.0755. The van der Waals surface area contributed by atoms with Crippen LogP contribution < -0.4 is 5.73 Å². The highest BCUT2D eigenvalue weighted by Gasteiger charge is 2.26. The highest BCUT2D eigenvalue weighted by Crippen LogP contribution is 2.31. The molecule has 2 N–H and O–H groups in total. The molecule has 0 saturated carbocycles. The van der Waals surface area contributed by atoms with Crippen LogP contribution in [0.5, 0.6) is 0 Å². The maximum absolute atomic E-state index is 12.6. The lowest BCUT2D eigenvalue weighted by Crippen LogP contribution is -2.42. The third kappa shape index (κ3) is 7.10. The molecule has 0 saturated heterocycles. The van der Waals surface area contributed by atoms with Gasteiger partial charge in [-0.1, -0.05) is 32.9 Å². The number of hydrogen-bond acceptors (Lipinski definition) is 5. The van der Waals surface area contributed by atoms with Gasteiger partial charge in [0.1, 0.15) is 0 Å². The molecule has 1 atom stereocenters. The fourth-order valence-corrected chi connectivity index (χ4v) is 5.46. The SMILES string of the molecule is CCCS(=O)(=O)c1ccccc1SC(C)C(=O)N(C)CC(C)(C)CN.Cl. The van der Waals surface area contributed by atoms with E-state index in [-0.39, 0.29) is 34.7 Å². The molecular weight excluding hydrogens is 392 g/mol. The Morgan fingerprint density at radius 1 is 1.31 bits per heavy atom. The Bertz CT molecular complexity index is 693. The van der Waals surface area contributed by atoms with E-state index in [1.807, 2.05) is 27.7 Å². The molecule has 1 amide bonds. The zero-order valence-electron chi connectivity index (χ0n) is 16.2. The van der Waals surface area contributed by atoms with Crippen LogP contribution in [0.1, 0.15) is 34.1 Å². The largest absolute Gasteiger partial charge is 0.344 e. The van der Waals surface area contributed by atoms with Gasteiger partial charge in [-0.2, -0.15) is 0 Å². The van der Waals surface area contributed by atoms with Gasteiger partial charge in [-0.3, -0.25) is 4.79 Å². The van der Waals surface area contributed by atoms with Crippen LogP contribution in [0.3, 0.4) is 0 Å². The van der Waals surface area contributed by atoms with Gasteiger partial charge in [-0.25, -0.2) is 8.42 Å². The third-order valence-corrected chi connectivity index (χ3v) is 7.17. The smallest absolute Gasteiger partial charge is 0.235 e. The van der Waals surface area contributed by atoms with Gasteiger partial charge in [0, 0.05) is 18.5 Å². The Morgan fingerprint density at radius 2 is 1.88 bits per heavy atom. The molecule has 0 aliphatic heterocycles. The van der Waals surface area contributed by atoms with Crippen molar-refractivity contribution in [2.75, 3.05) is 25.9 Å². The molecule has 8 heteroatoms. The minimum absolute atomic E-state index is 0. The number of halogens is 1. The fraction of sp³-hybridized carbons (Fsp3) is 0.611. The molecule has 0 aliphatic carbocycles. The van der Waals surface area contributed by atoms with Gasteiger partial charge >= 0.3 is 0 Å². The number of nitrogens with zero attached hydrogens (tertiary/aromatic N) is 1. The van der Waals surface area contributed by atoms with Crippen LogP contribution >= 0.6 is 24.2 Å². The first-order valence-electron chi connectivity index (χ1n) is 8.47. The number of amides is 1. The molecule has 1 rings (SSSR count). The quantitative estimate of drug-likeness (QED) is 0.618. The van der Waals surface area contributed by atoms with E-state index in [4.69, 9.17) is 5.73 Å². The highest BCUT2D eigenvalue weighted by molar-refractivity contribution is 8.01. The zero-order valence-corrected chi connectivity index (χ0v) is 18.6. The van der Waals surface area contributed by atoms with Crippen molar-refractivity contribution in [2.24, 2.45) is 11.1 Å². The zero-order chi connectivity index (χ0) is 19.3. The first-order chi connectivity index (χ1) is 11.5. The normalized spacial score (nSPS) is 13.0. The molecule has 0 bridgehead atoms. The van der Waals surface area contributed by atoms with Gasteiger partial charge in [0.25, 0.3) is 0 Å². The Labute approximate surface area is 168 Å². The van der Waals surface area contributed by atoms with Crippen LogP contribution in [0.2, 0.25) is 0 Å². The molecule has 0 radical (unpaired) electrons. The average Bonchev–Trinajstić information content (AvgIpc) is 2.54. The van der Waals surface area contributed by atoms with Crippen LogP contribution in [0.25, 0.3) is 0 Å². The van der Waals surface area contributed by atoms with E-state index in [2.05, 4.69) is 0 Å². The number of thioether (sulfide) groups is 1. The number of nitrogens with two attached hydrogens (primary N) is 1. The van der Waals surface area contributed by atoms with E-state index in [1.54, 1.807) is 36.2 Å². The molecule has 0 spiro atoms. The summed E-state index contributed by atoms with van der Waals surface area (Å²) in [5.41, 5.74) is 5.59. The van der Waals surface area contributed by atoms with E-state index in [9.17, 15) is 13.2 Å². The second-order valence-electron chi connectivity index (χ2n) is 7.09. The van der Waals surface area contributed by atoms with Crippen molar-refractivity contribution in [3.05, 3.63) is 24.3 Å². The lowest BCUT2D eigenvalue weighted by Gasteiger charge is -2.30. The van der Waals surface area contributed by atoms with E-state index in [0.717, 1.165) is 0 Å². The van der Waals surface area contributed by atoms with Crippen molar-refractivity contribution in [3.63, 3.8) is 0 Å². The lowest BCUT2D eigenvalue weighted by molar-refractivity contribution is -0.130. The molecular formula is C18H31ClN2O3S2. The van der Waals surface area contributed by atoms with E-state index in [0.29, 0.717) is 29.3 Å². The van der Waals surface area contributed by atoms with Gasteiger partial charge in [0.15, 0.2) is 9.84 Å². The Morgan fingerprint density at radius 3 is 2.42 bits per heavy atom. The van der Waals surface area contributed by atoms with Crippen LogP contribution in [-0.2, 0) is 14.6 Å². The molecule has 1 aromatic rings. The summed E-state index contributed by atoms with van der Waals surface area (Å²) in [6, 6.07) is 6.90. The van der Waals surface area contributed by atoms with Gasteiger partial charge in [-0.05, 0) is 37.4 Å². The number of carbonyl (C=O) groups excluding carboxylic acids is 1. The second-order valence-corrected chi connectivity index (χ2v) is 10.5. The summed E-state index contributed by atoms with van der Waals surface area (Å²) >= 11 is 1.29. The van der Waals surface area contributed by atoms with Crippen LogP contribution in [0, 0.1) is 5.41 Å². The maximum atomic E-state index is 12.6. The standard InChI is InChI=1S/C18H30N2O3S2.ClH/c1-6-11-25(22,23)16-10-8-7-9-15(16)24-14(2)17(21)20(5)13-18(3,4)12-19;/h7-10,14H,6,11-13,19H2,1-5H3;1H. The lowest BCUT2D eigenvalue weighted by atomic mass is 9.93. The number of sulfone groups is 1. The minimum atomic E-state index is -3.33. The molecule has 0 fully saturated rings. The van der Waals surface area contributed by atoms with Crippen LogP contribution in [0.4, 0.5) is 0 Å². The van der Waals surface area contributed by atoms with Crippen LogP contribution in [0.15, 0.2) is 34.1 Å². The summed E-state index contributed by atoms with van der Waals surface area (Å²) in [7, 11) is -1.57. The van der Waals surface area contributed by atoms with Gasteiger partial charge in [0.05, 0.1) is 15.9 Å². The monoisotopic (exact) mass is 422 g/mol. The molecule has 5 nitrogen and oxygen atoms in total. The number of hydrogen-bond donors (Lipinski definition) is 1. The Kier molecular flexibility index (Phi) is 10.2. The number of benzene rings is 1. The summed E-state index contributed by atoms with van der Waals surface area (Å²) in [6.07, 6.45) is 0.562. The molecule has 0 aromatic heterocycles. The van der Waals surface area contributed by atoms with Gasteiger partial charge < -0.3 is 10.6 Å². The molecule has 26 heavy (non-hydrogen) atoms. The van der Waals surface area contributed by atoms with E-state index >= 15 is 0 Å². The minimum Gasteiger partial charge on any atom is -0.344 e. The average molecular weight is 423 g/mol. The van der Waals surface area contributed by atoms with Crippen molar-refractivity contribution in [2.45, 2.75) is 49.2 Å².